The summed E-state index contributed by atoms with van der Waals surface area (Å²) in [5.41, 5.74) is 2.06. The largest absolute Gasteiger partial charge is 1.00 e. The number of carbonyl (C=O) groups is 2. The molecule has 0 aliphatic heterocycles. The molecule has 0 amide bonds. The van der Waals surface area contributed by atoms with Gasteiger partial charge in [-0.1, -0.05) is 0 Å². The van der Waals surface area contributed by atoms with E-state index < -0.39 is 52.5 Å². The van der Waals surface area contributed by atoms with E-state index in [-0.39, 0.29) is 176 Å². The van der Waals surface area contributed by atoms with Crippen molar-refractivity contribution in [1.29, 1.82) is 0 Å². The van der Waals surface area contributed by atoms with Crippen molar-refractivity contribution >= 4 is 100 Å². The van der Waals surface area contributed by atoms with Gasteiger partial charge < -0.3 is 41.0 Å². The molecular weight excluding hydrogens is 997 g/mol. The molecule has 4 N–H and O–H groups in total. The van der Waals surface area contributed by atoms with E-state index in [0.29, 0.717) is 42.7 Å². The summed E-state index contributed by atoms with van der Waals surface area (Å²) in [6.07, 6.45) is 5.01. The summed E-state index contributed by atoms with van der Waals surface area (Å²) in [5, 5.41) is 39.6. The molecule has 0 spiro atoms. The number of thioether (sulfide) groups is 3. The van der Waals surface area contributed by atoms with Crippen LogP contribution in [0.5, 0.6) is 23.0 Å². The zero-order chi connectivity index (χ0) is 44.2. The number of aryl methyl sites for hydroxylation is 1. The predicted octanol–water partition coefficient (Wildman–Crippen LogP) is -9.65. The molecular formula is C30H38Na4O18S8. The van der Waals surface area contributed by atoms with Crippen LogP contribution in [-0.2, 0) is 50.6 Å². The van der Waals surface area contributed by atoms with E-state index in [1.165, 1.54) is 42.1 Å². The fourth-order valence-electron chi connectivity index (χ4n) is 3.57. The summed E-state index contributed by atoms with van der Waals surface area (Å²) in [7, 11) is -15.7. The van der Waals surface area contributed by atoms with Gasteiger partial charge in [-0.15, -0.1) is 41.9 Å². The van der Waals surface area contributed by atoms with Crippen LogP contribution in [-0.4, -0.2) is 124 Å². The maximum Gasteiger partial charge on any atom is 1.00 e. The fourth-order valence-corrected chi connectivity index (χ4v) is 9.06. The number of benzene rings is 2. The number of phenolic OH excluding ortho intramolecular Hbond substituents is 4. The van der Waals surface area contributed by atoms with Crippen LogP contribution < -0.4 is 118 Å². The van der Waals surface area contributed by atoms with Crippen molar-refractivity contribution in [3.63, 3.8) is 0 Å². The van der Waals surface area contributed by atoms with Crippen LogP contribution in [0.15, 0.2) is 45.1 Å². The Hall–Kier alpha value is 1.21. The molecule has 0 unspecified atom stereocenters. The first-order chi connectivity index (χ1) is 25.5. The van der Waals surface area contributed by atoms with Gasteiger partial charge in [0.1, 0.15) is 23.0 Å². The van der Waals surface area contributed by atoms with E-state index in [0.717, 1.165) is 23.5 Å². The maximum absolute atomic E-state index is 10.6. The quantitative estimate of drug-likeness (QED) is 0.0251. The van der Waals surface area contributed by atoms with Gasteiger partial charge in [0.25, 0.3) is 0 Å². The molecule has 0 radical (unpaired) electrons. The number of rotatable bonds is 12. The van der Waals surface area contributed by atoms with Crippen molar-refractivity contribution < 1.29 is 200 Å². The van der Waals surface area contributed by atoms with Crippen LogP contribution in [0.1, 0.15) is 22.3 Å². The Labute approximate surface area is 458 Å². The minimum atomic E-state index is -4.29. The van der Waals surface area contributed by atoms with Gasteiger partial charge in [-0.05, 0) is 63.6 Å². The Bertz CT molecular complexity index is 2160. The molecule has 0 heterocycles. The van der Waals surface area contributed by atoms with E-state index in [1.807, 2.05) is 0 Å². The molecule has 318 valence electrons. The van der Waals surface area contributed by atoms with Gasteiger partial charge in [0, 0.05) is 51.2 Å². The van der Waals surface area contributed by atoms with Crippen LogP contribution in [0.2, 0.25) is 0 Å². The number of thiol groups is 1. The third kappa shape index (κ3) is 34.5. The molecule has 0 saturated heterocycles. The number of phenols is 4. The molecule has 0 fully saturated rings. The van der Waals surface area contributed by atoms with E-state index in [4.69, 9.17) is 12.6 Å². The van der Waals surface area contributed by atoms with Gasteiger partial charge in [-0.2, -0.15) is 24.4 Å². The first-order valence-electron chi connectivity index (χ1n) is 14.9. The van der Waals surface area contributed by atoms with Gasteiger partial charge in [0.2, 0.25) is 0 Å². The molecule has 2 aromatic rings. The predicted molar refractivity (Wildman–Crippen MR) is 212 cm³/mol. The van der Waals surface area contributed by atoms with E-state index >= 15 is 0 Å². The number of ketones is 2. The van der Waals surface area contributed by atoms with Gasteiger partial charge in [-0.3, -0.25) is 9.59 Å². The fraction of sp³-hybridized carbons (Fsp3) is 0.367. The number of aromatic hydroxyl groups is 4. The number of hydrogen-bond acceptors (Lipinski definition) is 22. The Morgan fingerprint density at radius 2 is 0.917 bits per heavy atom. The average molecular weight is 1040 g/mol. The molecule has 0 bridgehead atoms. The first-order valence-corrected chi connectivity index (χ1v) is 24.2. The van der Waals surface area contributed by atoms with Crippen molar-refractivity contribution in [2.24, 2.45) is 0 Å². The summed E-state index contributed by atoms with van der Waals surface area (Å²) >= 11 is 6.90. The Morgan fingerprint density at radius 3 is 1.22 bits per heavy atom. The van der Waals surface area contributed by atoms with Crippen LogP contribution >= 0.6 is 47.9 Å². The summed E-state index contributed by atoms with van der Waals surface area (Å²) in [5.74, 6) is -0.895. The van der Waals surface area contributed by atoms with Gasteiger partial charge >= 0.3 is 129 Å². The van der Waals surface area contributed by atoms with Crippen LogP contribution in [0.25, 0.3) is 0 Å². The number of allylic oxidation sites excluding steroid dienone is 4. The monoisotopic (exact) mass is 1030 g/mol. The topological polar surface area (TPSA) is 338 Å². The number of carbonyl (C=O) groups excluding carboxylic acids is 2. The normalized spacial score (nSPS) is 11.3. The molecule has 60 heavy (non-hydrogen) atoms. The molecule has 0 aromatic heterocycles. The molecule has 1 aliphatic carbocycles. The summed E-state index contributed by atoms with van der Waals surface area (Å²) in [6, 6.07) is 1.40. The molecule has 1 aliphatic rings. The maximum atomic E-state index is 10.6. The zero-order valence-corrected chi connectivity index (χ0v) is 48.5. The van der Waals surface area contributed by atoms with Crippen molar-refractivity contribution in [2.45, 2.75) is 42.4 Å². The van der Waals surface area contributed by atoms with Crippen molar-refractivity contribution in [1.82, 2.24) is 0 Å². The van der Waals surface area contributed by atoms with Crippen LogP contribution in [0.4, 0.5) is 0 Å². The minimum absolute atomic E-state index is 0. The zero-order valence-electron chi connectivity index (χ0n) is 33.9. The van der Waals surface area contributed by atoms with Crippen molar-refractivity contribution in [3.8, 4) is 23.0 Å². The second-order valence-electron chi connectivity index (χ2n) is 10.4. The molecule has 0 saturated carbocycles. The van der Waals surface area contributed by atoms with Gasteiger partial charge in [0.15, 0.2) is 11.6 Å². The van der Waals surface area contributed by atoms with Crippen molar-refractivity contribution in [2.75, 3.05) is 40.3 Å². The molecule has 30 heteroatoms. The Balaban J connectivity index is -0.000000164. The van der Waals surface area contributed by atoms with E-state index in [2.05, 4.69) is 19.6 Å². The Kier molecular flexibility index (Phi) is 44.1. The molecule has 0 atom stereocenters. The van der Waals surface area contributed by atoms with Crippen molar-refractivity contribution in [3.05, 3.63) is 59.5 Å². The van der Waals surface area contributed by atoms with Gasteiger partial charge in [-0.25, -0.2) is 25.3 Å². The van der Waals surface area contributed by atoms with Crippen LogP contribution in [0, 0.1) is 34.6 Å². The molecule has 2 aromatic carbocycles. The third-order valence-electron chi connectivity index (χ3n) is 6.05. The number of hydrogen-bond donors (Lipinski definition) is 5. The first kappa shape index (κ1) is 72.8. The van der Waals surface area contributed by atoms with E-state index in [9.17, 15) is 68.9 Å². The average Bonchev–Trinajstić information content (AvgIpc) is 3.05. The van der Waals surface area contributed by atoms with Gasteiger partial charge in [0.05, 0.1) is 45.0 Å². The second kappa shape index (κ2) is 36.3. The van der Waals surface area contributed by atoms with Crippen LogP contribution in [0.3, 0.4) is 0 Å². The molecule has 3 rings (SSSR count). The minimum Gasteiger partial charge on any atom is -0.748 e. The SMILES string of the molecule is Cc1cc(O)c(SCCS(=O)(=O)[O-])c(C)c1O.O=C1C=CC(=O)C=C1.O=S(=O)([O-])CCS.O=S(=O)=O.[CH2-]CSc1c(C)c(O)c(C)c(SCCS(=O)(=O)[O-])c1O.[Na+].[Na+].[Na+].[Na+]. The summed E-state index contributed by atoms with van der Waals surface area (Å²) in [4.78, 5) is 21.9. The molecule has 18 nitrogen and oxygen atoms in total. The van der Waals surface area contributed by atoms with E-state index in [1.54, 1.807) is 27.7 Å². The second-order valence-corrected chi connectivity index (χ2v) is 19.1. The summed E-state index contributed by atoms with van der Waals surface area (Å²) in [6.45, 7) is 10.3. The Morgan fingerprint density at radius 1 is 0.600 bits per heavy atom. The summed E-state index contributed by atoms with van der Waals surface area (Å²) < 4.78 is 117. The standard InChI is InChI=1S/C12H17O5S3.C10H14O5S2.C6H4O2.C2H6O3S2.4Na.O3S/c1-4-18-11-7(2)9(13)8(3)12(10(11)14)19-5-6-20(15,16)17;1-6-5-8(11)10(7(2)9(6)12)16-3-4-17(13,14)15;7-5-1-2-6(8)4-3-5;3-7(4,5)2-1-6;;;;;1-4(2)3/h13-14H,1,4-6H2,2-3H3,(H,15,16,17);5,11-12H,3-4H2,1-2H3,(H,13,14,15);1-4H;6H,1-2H2,(H,3,4,5);;;;;/q-1;;;;4*+1;/p-3. The smallest absolute Gasteiger partial charge is 0.748 e. The third-order valence-corrected chi connectivity index (χ3v) is 12.6.